The molecule has 0 aliphatic heterocycles. The van der Waals surface area contributed by atoms with Crippen LogP contribution in [0.3, 0.4) is 0 Å². The number of benzene rings is 1. The Balaban J connectivity index is 0.000000221. The molecule has 28 heavy (non-hydrogen) atoms. The molecule has 2 fully saturated rings. The molecule has 0 heterocycles. The number of rotatable bonds is 6. The molecule has 2 nitrogen and oxygen atoms in total. The van der Waals surface area contributed by atoms with Crippen molar-refractivity contribution >= 4 is 11.8 Å². The fourth-order valence-corrected chi connectivity index (χ4v) is 4.67. The summed E-state index contributed by atoms with van der Waals surface area (Å²) in [6.45, 7) is 12.7. The average Bonchev–Trinajstić information content (AvgIpc) is 2.66. The van der Waals surface area contributed by atoms with Crippen LogP contribution in [-0.4, -0.2) is 13.1 Å². The summed E-state index contributed by atoms with van der Waals surface area (Å²) >= 11 is 5.46. The van der Waals surface area contributed by atoms with Crippen LogP contribution in [-0.2, 0) is 6.54 Å². The fourth-order valence-electron chi connectivity index (χ4n) is 4.45. The fraction of sp³-hybridized carbons (Fsp3) is 0.760. The highest BCUT2D eigenvalue weighted by molar-refractivity contribution is 6.13. The SMILES string of the molecule is CC1(C)CCC(CNCc2ccccc2)CC1.CC1(C)CCC(CNCl)CC1. The van der Waals surface area contributed by atoms with Crippen molar-refractivity contribution in [3.8, 4) is 0 Å². The second kappa shape index (κ2) is 11.6. The van der Waals surface area contributed by atoms with Gasteiger partial charge in [-0.3, -0.25) is 0 Å². The Morgan fingerprint density at radius 2 is 1.25 bits per heavy atom. The summed E-state index contributed by atoms with van der Waals surface area (Å²) in [5.41, 5.74) is 2.57. The maximum atomic E-state index is 5.46. The number of halogens is 1. The third kappa shape index (κ3) is 9.29. The molecule has 2 aliphatic carbocycles. The van der Waals surface area contributed by atoms with Crippen molar-refractivity contribution in [2.45, 2.75) is 85.6 Å². The highest BCUT2D eigenvalue weighted by atomic mass is 35.5. The lowest BCUT2D eigenvalue weighted by Gasteiger charge is -2.34. The van der Waals surface area contributed by atoms with Crippen LogP contribution in [0.1, 0.15) is 84.6 Å². The van der Waals surface area contributed by atoms with Crippen molar-refractivity contribution in [3.63, 3.8) is 0 Å². The summed E-state index contributed by atoms with van der Waals surface area (Å²) in [5.74, 6) is 1.72. The van der Waals surface area contributed by atoms with Gasteiger partial charge in [-0.2, -0.15) is 0 Å². The summed E-state index contributed by atoms with van der Waals surface area (Å²) in [6, 6.07) is 10.7. The molecule has 0 atom stereocenters. The Hall–Kier alpha value is -0.570. The van der Waals surface area contributed by atoms with E-state index in [2.05, 4.69) is 68.2 Å². The lowest BCUT2D eigenvalue weighted by Crippen LogP contribution is -2.28. The Morgan fingerprint density at radius 1 is 0.786 bits per heavy atom. The van der Waals surface area contributed by atoms with Crippen LogP contribution >= 0.6 is 11.8 Å². The first kappa shape index (κ1) is 23.7. The molecule has 2 saturated carbocycles. The molecule has 3 heteroatoms. The van der Waals surface area contributed by atoms with Crippen molar-refractivity contribution in [2.75, 3.05) is 13.1 Å². The molecule has 0 bridgehead atoms. The maximum absolute atomic E-state index is 5.46. The van der Waals surface area contributed by atoms with Gasteiger partial charge >= 0.3 is 0 Å². The number of hydrogen-bond donors (Lipinski definition) is 2. The summed E-state index contributed by atoms with van der Waals surface area (Å²) in [4.78, 5) is 2.74. The number of hydrogen-bond acceptors (Lipinski definition) is 2. The molecule has 2 N–H and O–H groups in total. The van der Waals surface area contributed by atoms with E-state index in [-0.39, 0.29) is 0 Å². The highest BCUT2D eigenvalue weighted by Gasteiger charge is 2.27. The highest BCUT2D eigenvalue weighted by Crippen LogP contribution is 2.38. The van der Waals surface area contributed by atoms with Crippen LogP contribution < -0.4 is 10.2 Å². The van der Waals surface area contributed by atoms with Gasteiger partial charge < -0.3 is 5.32 Å². The summed E-state index contributed by atoms with van der Waals surface area (Å²) in [6.07, 6.45) is 11.0. The maximum Gasteiger partial charge on any atom is 0.0205 e. The van der Waals surface area contributed by atoms with Gasteiger partial charge in [0.1, 0.15) is 0 Å². The van der Waals surface area contributed by atoms with Crippen molar-refractivity contribution in [2.24, 2.45) is 22.7 Å². The Morgan fingerprint density at radius 3 is 1.71 bits per heavy atom. The molecule has 0 amide bonds. The van der Waals surface area contributed by atoms with Gasteiger partial charge in [0.2, 0.25) is 0 Å². The van der Waals surface area contributed by atoms with E-state index in [0.717, 1.165) is 24.9 Å². The molecule has 0 unspecified atom stereocenters. The first-order valence-corrected chi connectivity index (χ1v) is 11.8. The van der Waals surface area contributed by atoms with Gasteiger partial charge in [-0.15, -0.1) is 0 Å². The standard InChI is InChI=1S/C16H25N.C9H18ClN/c1-16(2)10-8-15(9-11-16)13-17-12-14-6-4-3-5-7-14;1-9(2)5-3-8(4-6-9)7-11-10/h3-7,15,17H,8-13H2,1-2H3;8,11H,3-7H2,1-2H3. The van der Waals surface area contributed by atoms with Crippen molar-refractivity contribution in [3.05, 3.63) is 35.9 Å². The largest absolute Gasteiger partial charge is 0.312 e. The van der Waals surface area contributed by atoms with E-state index in [0.29, 0.717) is 10.8 Å². The van der Waals surface area contributed by atoms with Gasteiger partial charge in [-0.25, -0.2) is 4.84 Å². The van der Waals surface area contributed by atoms with Crippen LogP contribution in [0.15, 0.2) is 30.3 Å². The van der Waals surface area contributed by atoms with Gasteiger partial charge in [-0.05, 0) is 97.9 Å². The molecule has 2 aliphatic rings. The summed E-state index contributed by atoms with van der Waals surface area (Å²) < 4.78 is 0. The molecule has 160 valence electrons. The monoisotopic (exact) mass is 406 g/mol. The van der Waals surface area contributed by atoms with E-state index < -0.39 is 0 Å². The van der Waals surface area contributed by atoms with Gasteiger partial charge in [0, 0.05) is 13.1 Å². The van der Waals surface area contributed by atoms with Gasteiger partial charge in [0.05, 0.1) is 0 Å². The van der Waals surface area contributed by atoms with Crippen LogP contribution in [0.25, 0.3) is 0 Å². The number of nitrogens with one attached hydrogen (secondary N) is 2. The lowest BCUT2D eigenvalue weighted by atomic mass is 9.73. The zero-order valence-corrected chi connectivity index (χ0v) is 19.5. The van der Waals surface area contributed by atoms with E-state index in [1.807, 2.05) is 0 Å². The van der Waals surface area contributed by atoms with E-state index in [4.69, 9.17) is 11.8 Å². The molecular formula is C25H43ClN2. The summed E-state index contributed by atoms with van der Waals surface area (Å²) in [7, 11) is 0. The minimum Gasteiger partial charge on any atom is -0.312 e. The molecular weight excluding hydrogens is 364 g/mol. The van der Waals surface area contributed by atoms with Crippen LogP contribution in [0.5, 0.6) is 0 Å². The van der Waals surface area contributed by atoms with Crippen molar-refractivity contribution in [1.82, 2.24) is 10.2 Å². The van der Waals surface area contributed by atoms with Crippen LogP contribution in [0, 0.1) is 22.7 Å². The molecule has 1 aromatic carbocycles. The second-order valence-electron chi connectivity index (χ2n) is 10.7. The quantitative estimate of drug-likeness (QED) is 0.500. The minimum atomic E-state index is 0.586. The molecule has 0 aromatic heterocycles. The van der Waals surface area contributed by atoms with Crippen molar-refractivity contribution in [1.29, 1.82) is 0 Å². The average molecular weight is 407 g/mol. The van der Waals surface area contributed by atoms with Gasteiger partial charge in [-0.1, -0.05) is 58.0 Å². The molecule has 0 saturated heterocycles. The third-order valence-corrected chi connectivity index (χ3v) is 7.04. The van der Waals surface area contributed by atoms with Crippen molar-refractivity contribution < 1.29 is 0 Å². The second-order valence-corrected chi connectivity index (χ2v) is 10.9. The van der Waals surface area contributed by atoms with E-state index in [9.17, 15) is 0 Å². The van der Waals surface area contributed by atoms with Gasteiger partial charge in [0.25, 0.3) is 0 Å². The van der Waals surface area contributed by atoms with Gasteiger partial charge in [0.15, 0.2) is 0 Å². The third-order valence-electron chi connectivity index (χ3n) is 6.89. The first-order chi connectivity index (χ1) is 13.3. The Labute approximate surface area is 179 Å². The Bertz CT molecular complexity index is 521. The molecule has 1 aromatic rings. The van der Waals surface area contributed by atoms with E-state index in [1.165, 1.54) is 63.5 Å². The smallest absolute Gasteiger partial charge is 0.0205 e. The zero-order chi connectivity index (χ0) is 20.5. The van der Waals surface area contributed by atoms with E-state index in [1.54, 1.807) is 0 Å². The molecule has 3 rings (SSSR count). The van der Waals surface area contributed by atoms with E-state index >= 15 is 0 Å². The Kier molecular flexibility index (Phi) is 9.80. The lowest BCUT2D eigenvalue weighted by molar-refractivity contribution is 0.188. The first-order valence-electron chi connectivity index (χ1n) is 11.4. The van der Waals surface area contributed by atoms with Crippen LogP contribution in [0.4, 0.5) is 0 Å². The predicted octanol–water partition coefficient (Wildman–Crippen LogP) is 6.94. The topological polar surface area (TPSA) is 24.1 Å². The van der Waals surface area contributed by atoms with Crippen LogP contribution in [0.2, 0.25) is 0 Å². The normalized spacial score (nSPS) is 22.3. The predicted molar refractivity (Wildman–Crippen MR) is 123 cm³/mol. The molecule has 0 radical (unpaired) electrons. The minimum absolute atomic E-state index is 0.586. The molecule has 0 spiro atoms. The summed E-state index contributed by atoms with van der Waals surface area (Å²) in [5, 5.41) is 3.60. The zero-order valence-electron chi connectivity index (χ0n) is 18.7.